The third-order valence-electron chi connectivity index (χ3n) is 3.27. The van der Waals surface area contributed by atoms with Gasteiger partial charge in [-0.2, -0.15) is 0 Å². The number of methoxy groups -OCH3 is 1. The maximum absolute atomic E-state index is 12.5. The molecule has 3 aromatic rings. The molecule has 0 radical (unpaired) electrons. The number of nitrogens with zero attached hydrogens (tertiary/aromatic N) is 2. The van der Waals surface area contributed by atoms with Crippen LogP contribution >= 0.6 is 15.9 Å². The van der Waals surface area contributed by atoms with Gasteiger partial charge in [-0.05, 0) is 46.3 Å². The Labute approximate surface area is 153 Å². The van der Waals surface area contributed by atoms with E-state index in [2.05, 4.69) is 31.2 Å². The quantitative estimate of drug-likeness (QED) is 0.692. The summed E-state index contributed by atoms with van der Waals surface area (Å²) in [4.78, 5) is 20.5. The second-order valence-corrected chi connectivity index (χ2v) is 5.83. The normalized spacial score (nSPS) is 10.2. The van der Waals surface area contributed by atoms with Crippen molar-refractivity contribution in [1.29, 1.82) is 0 Å². The standard InChI is InChI=1S/C18H14BrN3O3/c1-24-13-5-6-16(19)15(10-13)18(23)22-12-3-2-4-14(9-12)25-17-11-20-7-8-21-17/h2-11H,1H3,(H,22,23). The Hall–Kier alpha value is -2.93. The largest absolute Gasteiger partial charge is 0.497 e. The number of ether oxygens (including phenoxy) is 2. The van der Waals surface area contributed by atoms with Gasteiger partial charge in [0, 0.05) is 28.6 Å². The number of nitrogens with one attached hydrogen (secondary N) is 1. The van der Waals surface area contributed by atoms with Gasteiger partial charge in [0.1, 0.15) is 11.5 Å². The molecule has 7 heteroatoms. The average molecular weight is 400 g/mol. The van der Waals surface area contributed by atoms with E-state index in [-0.39, 0.29) is 5.91 Å². The van der Waals surface area contributed by atoms with Gasteiger partial charge in [-0.25, -0.2) is 4.98 Å². The molecule has 25 heavy (non-hydrogen) atoms. The first-order valence-electron chi connectivity index (χ1n) is 7.34. The highest BCUT2D eigenvalue weighted by atomic mass is 79.9. The molecular weight excluding hydrogens is 386 g/mol. The summed E-state index contributed by atoms with van der Waals surface area (Å²) >= 11 is 3.38. The lowest BCUT2D eigenvalue weighted by molar-refractivity contribution is 0.102. The summed E-state index contributed by atoms with van der Waals surface area (Å²) < 4.78 is 11.5. The minimum atomic E-state index is -0.262. The zero-order chi connectivity index (χ0) is 17.6. The van der Waals surface area contributed by atoms with Crippen molar-refractivity contribution in [1.82, 2.24) is 9.97 Å². The monoisotopic (exact) mass is 399 g/mol. The van der Waals surface area contributed by atoms with Crippen LogP contribution < -0.4 is 14.8 Å². The molecule has 0 saturated carbocycles. The number of halogens is 1. The summed E-state index contributed by atoms with van der Waals surface area (Å²) in [7, 11) is 1.55. The molecule has 0 atom stereocenters. The van der Waals surface area contributed by atoms with Crippen molar-refractivity contribution in [2.75, 3.05) is 12.4 Å². The van der Waals surface area contributed by atoms with Crippen molar-refractivity contribution in [3.8, 4) is 17.4 Å². The molecule has 0 unspecified atom stereocenters. The van der Waals surface area contributed by atoms with Gasteiger partial charge in [0.25, 0.3) is 5.91 Å². The van der Waals surface area contributed by atoms with E-state index in [0.717, 1.165) is 0 Å². The Balaban J connectivity index is 1.77. The number of anilines is 1. The summed E-state index contributed by atoms with van der Waals surface area (Å²) in [5.41, 5.74) is 1.07. The topological polar surface area (TPSA) is 73.3 Å². The Bertz CT molecular complexity index is 888. The van der Waals surface area contributed by atoms with Crippen LogP contribution in [0.5, 0.6) is 17.4 Å². The molecule has 0 spiro atoms. The van der Waals surface area contributed by atoms with E-state index < -0.39 is 0 Å². The molecule has 0 bridgehead atoms. The number of aromatic nitrogens is 2. The van der Waals surface area contributed by atoms with Crippen LogP contribution in [0.1, 0.15) is 10.4 Å². The van der Waals surface area contributed by atoms with Crippen LogP contribution in [0, 0.1) is 0 Å². The highest BCUT2D eigenvalue weighted by Crippen LogP contribution is 2.25. The zero-order valence-electron chi connectivity index (χ0n) is 13.3. The minimum absolute atomic E-state index is 0.262. The number of hydrogen-bond acceptors (Lipinski definition) is 5. The lowest BCUT2D eigenvalue weighted by Gasteiger charge is -2.10. The predicted molar refractivity (Wildman–Crippen MR) is 97.2 cm³/mol. The van der Waals surface area contributed by atoms with E-state index in [0.29, 0.717) is 33.1 Å². The van der Waals surface area contributed by atoms with Crippen LogP contribution in [0.15, 0.2) is 65.5 Å². The third-order valence-corrected chi connectivity index (χ3v) is 3.96. The van der Waals surface area contributed by atoms with Gasteiger partial charge >= 0.3 is 0 Å². The third kappa shape index (κ3) is 4.33. The fraction of sp³-hybridized carbons (Fsp3) is 0.0556. The predicted octanol–water partition coefficient (Wildman–Crippen LogP) is 4.29. The van der Waals surface area contributed by atoms with Crippen molar-refractivity contribution in [3.63, 3.8) is 0 Å². The average Bonchev–Trinajstić information content (AvgIpc) is 2.63. The van der Waals surface area contributed by atoms with Gasteiger partial charge in [0.15, 0.2) is 0 Å². The van der Waals surface area contributed by atoms with Gasteiger partial charge in [0.2, 0.25) is 5.88 Å². The van der Waals surface area contributed by atoms with Crippen LogP contribution in [-0.4, -0.2) is 23.0 Å². The minimum Gasteiger partial charge on any atom is -0.497 e. The first-order valence-corrected chi connectivity index (χ1v) is 8.14. The van der Waals surface area contributed by atoms with E-state index in [1.54, 1.807) is 62.0 Å². The molecule has 6 nitrogen and oxygen atoms in total. The lowest BCUT2D eigenvalue weighted by atomic mass is 10.2. The van der Waals surface area contributed by atoms with E-state index in [1.807, 2.05) is 0 Å². The molecule has 0 aliphatic heterocycles. The van der Waals surface area contributed by atoms with Gasteiger partial charge in [-0.15, -0.1) is 0 Å². The zero-order valence-corrected chi connectivity index (χ0v) is 14.9. The Morgan fingerprint density at radius 2 is 2.00 bits per heavy atom. The molecule has 126 valence electrons. The molecule has 0 saturated heterocycles. The Kier molecular flexibility index (Phi) is 5.25. The molecule has 0 aliphatic rings. The molecule has 1 N–H and O–H groups in total. The van der Waals surface area contributed by atoms with Crippen LogP contribution in [-0.2, 0) is 0 Å². The Morgan fingerprint density at radius 3 is 2.76 bits per heavy atom. The smallest absolute Gasteiger partial charge is 0.256 e. The molecular formula is C18H14BrN3O3. The van der Waals surface area contributed by atoms with Crippen molar-refractivity contribution in [2.45, 2.75) is 0 Å². The molecule has 0 fully saturated rings. The summed E-state index contributed by atoms with van der Waals surface area (Å²) in [6.45, 7) is 0. The van der Waals surface area contributed by atoms with Crippen molar-refractivity contribution in [3.05, 3.63) is 71.1 Å². The molecule has 0 aliphatic carbocycles. The number of carbonyl (C=O) groups excluding carboxylic acids is 1. The van der Waals surface area contributed by atoms with E-state index in [4.69, 9.17) is 9.47 Å². The first kappa shape index (κ1) is 16.9. The number of benzene rings is 2. The van der Waals surface area contributed by atoms with Gasteiger partial charge in [-0.1, -0.05) is 6.07 Å². The molecule has 1 amide bonds. The van der Waals surface area contributed by atoms with E-state index >= 15 is 0 Å². The Morgan fingerprint density at radius 1 is 1.12 bits per heavy atom. The second kappa shape index (κ2) is 7.76. The van der Waals surface area contributed by atoms with Crippen molar-refractivity contribution >= 4 is 27.5 Å². The van der Waals surface area contributed by atoms with Crippen LogP contribution in [0.3, 0.4) is 0 Å². The van der Waals surface area contributed by atoms with E-state index in [9.17, 15) is 4.79 Å². The van der Waals surface area contributed by atoms with Crippen LogP contribution in [0.4, 0.5) is 5.69 Å². The summed E-state index contributed by atoms with van der Waals surface area (Å²) in [5, 5.41) is 2.84. The number of carbonyl (C=O) groups is 1. The summed E-state index contributed by atoms with van der Waals surface area (Å²) in [6.07, 6.45) is 4.62. The molecule has 1 heterocycles. The van der Waals surface area contributed by atoms with Crippen molar-refractivity contribution in [2.24, 2.45) is 0 Å². The highest BCUT2D eigenvalue weighted by molar-refractivity contribution is 9.10. The molecule has 2 aromatic carbocycles. The fourth-order valence-electron chi connectivity index (χ4n) is 2.10. The summed E-state index contributed by atoms with van der Waals surface area (Å²) in [5.74, 6) is 1.26. The van der Waals surface area contributed by atoms with Crippen molar-refractivity contribution < 1.29 is 14.3 Å². The molecule has 1 aromatic heterocycles. The number of amides is 1. The summed E-state index contributed by atoms with van der Waals surface area (Å²) in [6, 6.07) is 12.2. The fourth-order valence-corrected chi connectivity index (χ4v) is 2.53. The van der Waals surface area contributed by atoms with Crippen LogP contribution in [0.2, 0.25) is 0 Å². The van der Waals surface area contributed by atoms with E-state index in [1.165, 1.54) is 6.20 Å². The second-order valence-electron chi connectivity index (χ2n) is 4.97. The van der Waals surface area contributed by atoms with Gasteiger partial charge < -0.3 is 14.8 Å². The number of rotatable bonds is 5. The van der Waals surface area contributed by atoms with Gasteiger partial charge in [0.05, 0.1) is 18.9 Å². The SMILES string of the molecule is COc1ccc(Br)c(C(=O)Nc2cccc(Oc3cnccn3)c2)c1. The number of hydrogen-bond donors (Lipinski definition) is 1. The highest BCUT2D eigenvalue weighted by Gasteiger charge is 2.12. The maximum Gasteiger partial charge on any atom is 0.256 e. The first-order chi connectivity index (χ1) is 12.2. The van der Waals surface area contributed by atoms with Crippen LogP contribution in [0.25, 0.3) is 0 Å². The van der Waals surface area contributed by atoms with Gasteiger partial charge in [-0.3, -0.25) is 9.78 Å². The lowest BCUT2D eigenvalue weighted by Crippen LogP contribution is -2.12. The molecule has 3 rings (SSSR count). The maximum atomic E-state index is 12.5.